The SMILES string of the molecule is O=C(Oc1ccccc1)c1ccc(NS(=O)(=O)c2ccc(Cl)cc2)cc1. The number of hydrogen-bond donors (Lipinski definition) is 1. The monoisotopic (exact) mass is 387 g/mol. The van der Waals surface area contributed by atoms with Gasteiger partial charge in [0.15, 0.2) is 0 Å². The molecule has 0 atom stereocenters. The summed E-state index contributed by atoms with van der Waals surface area (Å²) in [4.78, 5) is 12.2. The second kappa shape index (κ2) is 7.59. The Morgan fingerprint density at radius 2 is 1.46 bits per heavy atom. The van der Waals surface area contributed by atoms with Gasteiger partial charge in [-0.05, 0) is 60.7 Å². The number of esters is 1. The van der Waals surface area contributed by atoms with E-state index in [4.69, 9.17) is 16.3 Å². The number of rotatable bonds is 5. The maximum Gasteiger partial charge on any atom is 0.343 e. The fraction of sp³-hybridized carbons (Fsp3) is 0. The minimum absolute atomic E-state index is 0.0921. The predicted octanol–water partition coefficient (Wildman–Crippen LogP) is 4.36. The molecule has 0 unspecified atom stereocenters. The molecule has 0 fully saturated rings. The molecule has 0 radical (unpaired) electrons. The van der Waals surface area contributed by atoms with E-state index in [1.807, 2.05) is 6.07 Å². The van der Waals surface area contributed by atoms with Crippen molar-refractivity contribution in [3.63, 3.8) is 0 Å². The summed E-state index contributed by atoms with van der Waals surface area (Å²) in [5.74, 6) is -0.0895. The van der Waals surface area contributed by atoms with Crippen LogP contribution in [0.25, 0.3) is 0 Å². The number of carbonyl (C=O) groups is 1. The third-order valence-corrected chi connectivity index (χ3v) is 5.10. The number of sulfonamides is 1. The number of benzene rings is 3. The zero-order valence-corrected chi connectivity index (χ0v) is 15.0. The fourth-order valence-electron chi connectivity index (χ4n) is 2.16. The Bertz CT molecular complexity index is 1000. The molecular formula is C19H14ClNO4S. The van der Waals surface area contributed by atoms with Gasteiger partial charge in [0.05, 0.1) is 10.5 Å². The molecule has 0 saturated carbocycles. The highest BCUT2D eigenvalue weighted by atomic mass is 35.5. The van der Waals surface area contributed by atoms with Gasteiger partial charge in [-0.2, -0.15) is 0 Å². The van der Waals surface area contributed by atoms with Crippen LogP contribution in [0.15, 0.2) is 83.8 Å². The number of hydrogen-bond acceptors (Lipinski definition) is 4. The van der Waals surface area contributed by atoms with Crippen molar-refractivity contribution in [3.8, 4) is 5.75 Å². The summed E-state index contributed by atoms with van der Waals surface area (Å²) in [6, 6.07) is 20.5. The first kappa shape index (κ1) is 18.0. The summed E-state index contributed by atoms with van der Waals surface area (Å²) >= 11 is 5.77. The molecule has 0 aliphatic rings. The van der Waals surface area contributed by atoms with E-state index < -0.39 is 16.0 Å². The lowest BCUT2D eigenvalue weighted by Gasteiger charge is -2.09. The first-order valence-corrected chi connectivity index (χ1v) is 9.46. The molecule has 0 aliphatic heterocycles. The van der Waals surface area contributed by atoms with Gasteiger partial charge in [0.2, 0.25) is 0 Å². The molecule has 3 aromatic carbocycles. The van der Waals surface area contributed by atoms with Crippen LogP contribution in [0.2, 0.25) is 5.02 Å². The van der Waals surface area contributed by atoms with Gasteiger partial charge in [0.25, 0.3) is 10.0 Å². The minimum Gasteiger partial charge on any atom is -0.423 e. The lowest BCUT2D eigenvalue weighted by atomic mass is 10.2. The van der Waals surface area contributed by atoms with Gasteiger partial charge >= 0.3 is 5.97 Å². The molecule has 7 heteroatoms. The van der Waals surface area contributed by atoms with E-state index in [2.05, 4.69) is 4.72 Å². The second-order valence-corrected chi connectivity index (χ2v) is 7.46. The Kier molecular flexibility index (Phi) is 5.25. The molecule has 5 nitrogen and oxygen atoms in total. The average Bonchev–Trinajstić information content (AvgIpc) is 2.63. The zero-order chi connectivity index (χ0) is 18.6. The van der Waals surface area contributed by atoms with Crippen molar-refractivity contribution in [2.45, 2.75) is 4.90 Å². The maximum atomic E-state index is 12.3. The third kappa shape index (κ3) is 4.41. The molecule has 0 aliphatic carbocycles. The summed E-state index contributed by atoms with van der Waals surface area (Å²) in [6.45, 7) is 0. The topological polar surface area (TPSA) is 72.5 Å². The molecular weight excluding hydrogens is 374 g/mol. The highest BCUT2D eigenvalue weighted by molar-refractivity contribution is 7.92. The van der Waals surface area contributed by atoms with E-state index >= 15 is 0 Å². The molecule has 0 saturated heterocycles. The van der Waals surface area contributed by atoms with Crippen LogP contribution in [0.1, 0.15) is 10.4 Å². The largest absolute Gasteiger partial charge is 0.423 e. The lowest BCUT2D eigenvalue weighted by Crippen LogP contribution is -2.13. The molecule has 3 aromatic rings. The van der Waals surface area contributed by atoms with Crippen LogP contribution in [0.5, 0.6) is 5.75 Å². The first-order chi connectivity index (χ1) is 12.4. The maximum absolute atomic E-state index is 12.3. The number of para-hydroxylation sites is 1. The third-order valence-electron chi connectivity index (χ3n) is 3.45. The van der Waals surface area contributed by atoms with Crippen molar-refractivity contribution < 1.29 is 17.9 Å². The Morgan fingerprint density at radius 1 is 0.846 bits per heavy atom. The van der Waals surface area contributed by atoms with E-state index in [1.54, 1.807) is 24.3 Å². The Balaban J connectivity index is 1.71. The van der Waals surface area contributed by atoms with Crippen molar-refractivity contribution >= 4 is 33.3 Å². The van der Waals surface area contributed by atoms with Gasteiger partial charge in [-0.25, -0.2) is 13.2 Å². The molecule has 0 aromatic heterocycles. The van der Waals surface area contributed by atoms with Crippen molar-refractivity contribution in [2.24, 2.45) is 0 Å². The van der Waals surface area contributed by atoms with Crippen LogP contribution in [0.3, 0.4) is 0 Å². The lowest BCUT2D eigenvalue weighted by molar-refractivity contribution is 0.0735. The number of anilines is 1. The van der Waals surface area contributed by atoms with Gasteiger partial charge < -0.3 is 4.74 Å². The summed E-state index contributed by atoms with van der Waals surface area (Å²) in [7, 11) is -3.74. The fourth-order valence-corrected chi connectivity index (χ4v) is 3.34. The molecule has 26 heavy (non-hydrogen) atoms. The molecule has 1 N–H and O–H groups in total. The van der Waals surface area contributed by atoms with Crippen LogP contribution in [-0.2, 0) is 10.0 Å². The number of halogens is 1. The summed E-state index contributed by atoms with van der Waals surface area (Å²) in [5, 5.41) is 0.449. The predicted molar refractivity (Wildman–Crippen MR) is 100 cm³/mol. The number of carbonyl (C=O) groups excluding carboxylic acids is 1. The standard InChI is InChI=1S/C19H14ClNO4S/c20-15-8-12-18(13-9-15)26(23,24)21-16-10-6-14(7-11-16)19(22)25-17-4-2-1-3-5-17/h1-13,21H. The Morgan fingerprint density at radius 3 is 2.08 bits per heavy atom. The highest BCUT2D eigenvalue weighted by Crippen LogP contribution is 2.19. The van der Waals surface area contributed by atoms with Crippen LogP contribution in [-0.4, -0.2) is 14.4 Å². The Hall–Kier alpha value is -2.83. The Labute approximate surface area is 156 Å². The van der Waals surface area contributed by atoms with Crippen LogP contribution in [0.4, 0.5) is 5.69 Å². The van der Waals surface area contributed by atoms with Crippen LogP contribution in [0, 0.1) is 0 Å². The van der Waals surface area contributed by atoms with Gasteiger partial charge in [-0.3, -0.25) is 4.72 Å². The van der Waals surface area contributed by atoms with E-state index in [0.717, 1.165) is 0 Å². The van der Waals surface area contributed by atoms with Crippen molar-refractivity contribution in [1.82, 2.24) is 0 Å². The summed E-state index contributed by atoms with van der Waals surface area (Å²) in [6.07, 6.45) is 0. The van der Waals surface area contributed by atoms with Crippen LogP contribution < -0.4 is 9.46 Å². The van der Waals surface area contributed by atoms with Gasteiger partial charge in [-0.1, -0.05) is 29.8 Å². The average molecular weight is 388 g/mol. The number of ether oxygens (including phenoxy) is 1. The normalized spacial score (nSPS) is 11.0. The quantitative estimate of drug-likeness (QED) is 0.521. The molecule has 3 rings (SSSR count). The molecule has 0 bridgehead atoms. The highest BCUT2D eigenvalue weighted by Gasteiger charge is 2.15. The van der Waals surface area contributed by atoms with E-state index in [9.17, 15) is 13.2 Å². The zero-order valence-electron chi connectivity index (χ0n) is 13.4. The van der Waals surface area contributed by atoms with E-state index in [0.29, 0.717) is 22.0 Å². The van der Waals surface area contributed by atoms with Gasteiger partial charge in [0, 0.05) is 10.7 Å². The number of nitrogens with one attached hydrogen (secondary N) is 1. The molecule has 0 heterocycles. The van der Waals surface area contributed by atoms with Crippen molar-refractivity contribution in [3.05, 3.63) is 89.4 Å². The van der Waals surface area contributed by atoms with Crippen LogP contribution >= 0.6 is 11.6 Å². The molecule has 0 spiro atoms. The summed E-state index contributed by atoms with van der Waals surface area (Å²) in [5.41, 5.74) is 0.638. The smallest absolute Gasteiger partial charge is 0.343 e. The van der Waals surface area contributed by atoms with E-state index in [1.165, 1.54) is 48.5 Å². The van der Waals surface area contributed by atoms with Crippen molar-refractivity contribution in [1.29, 1.82) is 0 Å². The molecule has 132 valence electrons. The summed E-state index contributed by atoms with van der Waals surface area (Å²) < 4.78 is 32.3. The van der Waals surface area contributed by atoms with Gasteiger partial charge in [0.1, 0.15) is 5.75 Å². The van der Waals surface area contributed by atoms with E-state index in [-0.39, 0.29) is 4.90 Å². The minimum atomic E-state index is -3.74. The molecule has 0 amide bonds. The van der Waals surface area contributed by atoms with Gasteiger partial charge in [-0.15, -0.1) is 0 Å². The second-order valence-electron chi connectivity index (χ2n) is 5.34. The van der Waals surface area contributed by atoms with Crippen molar-refractivity contribution in [2.75, 3.05) is 4.72 Å². The first-order valence-electron chi connectivity index (χ1n) is 7.60.